The van der Waals surface area contributed by atoms with Crippen LogP contribution in [-0.4, -0.2) is 31.5 Å². The van der Waals surface area contributed by atoms with Gasteiger partial charge in [-0.15, -0.1) is 0 Å². The van der Waals surface area contributed by atoms with Gasteiger partial charge in [-0.1, -0.05) is 6.92 Å². The lowest BCUT2D eigenvalue weighted by atomic mass is 10.3. The van der Waals surface area contributed by atoms with Gasteiger partial charge in [0.05, 0.1) is 12.6 Å². The lowest BCUT2D eigenvalue weighted by molar-refractivity contribution is 0.291. The SMILES string of the molecule is CCCOc1nc(Cl)nc(NC(C)c2ncc[nH]2)n1. The first-order valence-corrected chi connectivity index (χ1v) is 6.37. The largest absolute Gasteiger partial charge is 0.463 e. The van der Waals surface area contributed by atoms with Crippen LogP contribution in [0.5, 0.6) is 6.01 Å². The molecule has 2 heterocycles. The van der Waals surface area contributed by atoms with E-state index in [-0.39, 0.29) is 17.3 Å². The van der Waals surface area contributed by atoms with Crippen molar-refractivity contribution in [1.82, 2.24) is 24.9 Å². The van der Waals surface area contributed by atoms with Gasteiger partial charge in [-0.2, -0.15) is 15.0 Å². The first-order valence-electron chi connectivity index (χ1n) is 5.99. The molecule has 0 saturated carbocycles. The van der Waals surface area contributed by atoms with Crippen LogP contribution >= 0.6 is 11.6 Å². The first-order chi connectivity index (χ1) is 9.19. The number of hydrogen-bond donors (Lipinski definition) is 2. The highest BCUT2D eigenvalue weighted by molar-refractivity contribution is 6.28. The van der Waals surface area contributed by atoms with E-state index in [0.717, 1.165) is 12.2 Å². The van der Waals surface area contributed by atoms with E-state index in [1.807, 2.05) is 13.8 Å². The van der Waals surface area contributed by atoms with Crippen molar-refractivity contribution < 1.29 is 4.74 Å². The predicted molar refractivity (Wildman–Crippen MR) is 71.2 cm³/mol. The Labute approximate surface area is 115 Å². The number of ether oxygens (including phenoxy) is 1. The van der Waals surface area contributed by atoms with E-state index in [9.17, 15) is 0 Å². The maximum Gasteiger partial charge on any atom is 0.322 e. The van der Waals surface area contributed by atoms with E-state index in [0.29, 0.717) is 12.6 Å². The minimum atomic E-state index is -0.0764. The zero-order chi connectivity index (χ0) is 13.7. The van der Waals surface area contributed by atoms with Gasteiger partial charge < -0.3 is 15.0 Å². The molecule has 0 spiro atoms. The summed E-state index contributed by atoms with van der Waals surface area (Å²) < 4.78 is 5.34. The van der Waals surface area contributed by atoms with Gasteiger partial charge in [0.2, 0.25) is 11.2 Å². The predicted octanol–water partition coefficient (Wildman–Crippen LogP) is 2.21. The van der Waals surface area contributed by atoms with Crippen molar-refractivity contribution in [1.29, 1.82) is 0 Å². The molecule has 0 fully saturated rings. The summed E-state index contributed by atoms with van der Waals surface area (Å²) in [6, 6.07) is 0.142. The molecule has 8 heteroatoms. The second-order valence-electron chi connectivity index (χ2n) is 3.90. The van der Waals surface area contributed by atoms with Crippen LogP contribution in [0.3, 0.4) is 0 Å². The number of aromatic nitrogens is 5. The van der Waals surface area contributed by atoms with E-state index in [1.165, 1.54) is 0 Å². The van der Waals surface area contributed by atoms with E-state index in [2.05, 4.69) is 30.2 Å². The average Bonchev–Trinajstić information content (AvgIpc) is 2.89. The Bertz CT molecular complexity index is 518. The highest BCUT2D eigenvalue weighted by atomic mass is 35.5. The van der Waals surface area contributed by atoms with Crippen molar-refractivity contribution in [2.75, 3.05) is 11.9 Å². The molecule has 2 aromatic rings. The maximum absolute atomic E-state index is 5.83. The lowest BCUT2D eigenvalue weighted by Crippen LogP contribution is -2.12. The molecule has 102 valence electrons. The molecule has 1 unspecified atom stereocenters. The third kappa shape index (κ3) is 3.78. The Hall–Kier alpha value is -1.89. The highest BCUT2D eigenvalue weighted by Gasteiger charge is 2.11. The summed E-state index contributed by atoms with van der Waals surface area (Å²) in [7, 11) is 0. The van der Waals surface area contributed by atoms with Crippen molar-refractivity contribution in [3.8, 4) is 6.01 Å². The standard InChI is InChI=1S/C11H15ClN6O/c1-3-6-19-11-17-9(12)16-10(18-11)15-7(2)8-13-4-5-14-8/h4-5,7H,3,6H2,1-2H3,(H,13,14)(H,15,16,17,18). The van der Waals surface area contributed by atoms with Crippen molar-refractivity contribution >= 4 is 17.5 Å². The topological polar surface area (TPSA) is 88.6 Å². The summed E-state index contributed by atoms with van der Waals surface area (Å²) >= 11 is 5.83. The zero-order valence-electron chi connectivity index (χ0n) is 10.7. The third-order valence-electron chi connectivity index (χ3n) is 2.30. The molecule has 0 saturated heterocycles. The van der Waals surface area contributed by atoms with Gasteiger partial charge in [0.15, 0.2) is 0 Å². The van der Waals surface area contributed by atoms with E-state index >= 15 is 0 Å². The molecule has 19 heavy (non-hydrogen) atoms. The van der Waals surface area contributed by atoms with Crippen molar-refractivity contribution in [2.24, 2.45) is 0 Å². The average molecular weight is 283 g/mol. The Morgan fingerprint density at radius 3 is 2.95 bits per heavy atom. The fourth-order valence-corrected chi connectivity index (χ4v) is 1.58. The molecular weight excluding hydrogens is 268 g/mol. The van der Waals surface area contributed by atoms with Crippen LogP contribution in [0, 0.1) is 0 Å². The Morgan fingerprint density at radius 1 is 1.42 bits per heavy atom. The van der Waals surface area contributed by atoms with Crippen LogP contribution in [-0.2, 0) is 0 Å². The van der Waals surface area contributed by atoms with Crippen molar-refractivity contribution in [3.63, 3.8) is 0 Å². The Morgan fingerprint density at radius 2 is 2.26 bits per heavy atom. The van der Waals surface area contributed by atoms with Crippen LogP contribution in [0.2, 0.25) is 5.28 Å². The summed E-state index contributed by atoms with van der Waals surface area (Å²) in [5.41, 5.74) is 0. The smallest absolute Gasteiger partial charge is 0.322 e. The molecule has 2 rings (SSSR count). The quantitative estimate of drug-likeness (QED) is 0.844. The third-order valence-corrected chi connectivity index (χ3v) is 2.47. The van der Waals surface area contributed by atoms with Crippen LogP contribution in [0.25, 0.3) is 0 Å². The Kier molecular flexibility index (Phi) is 4.51. The van der Waals surface area contributed by atoms with Crippen LogP contribution in [0.1, 0.15) is 32.1 Å². The number of rotatable bonds is 6. The normalized spacial score (nSPS) is 12.2. The maximum atomic E-state index is 5.83. The van der Waals surface area contributed by atoms with Gasteiger partial charge in [-0.3, -0.25) is 0 Å². The first kappa shape index (κ1) is 13.5. The van der Waals surface area contributed by atoms with Gasteiger partial charge in [0.1, 0.15) is 5.82 Å². The second kappa shape index (κ2) is 6.33. The summed E-state index contributed by atoms with van der Waals surface area (Å²) in [5.74, 6) is 1.14. The number of halogens is 1. The summed E-state index contributed by atoms with van der Waals surface area (Å²) in [5, 5.41) is 3.17. The molecule has 2 aromatic heterocycles. The molecule has 0 aliphatic heterocycles. The van der Waals surface area contributed by atoms with Crippen molar-refractivity contribution in [3.05, 3.63) is 23.5 Å². The monoisotopic (exact) mass is 282 g/mol. The van der Waals surface area contributed by atoms with Gasteiger partial charge >= 0.3 is 6.01 Å². The molecule has 0 amide bonds. The molecule has 0 aliphatic carbocycles. The molecule has 0 bridgehead atoms. The molecule has 0 aromatic carbocycles. The van der Waals surface area contributed by atoms with Crippen LogP contribution < -0.4 is 10.1 Å². The number of anilines is 1. The van der Waals surface area contributed by atoms with Crippen LogP contribution in [0.4, 0.5) is 5.95 Å². The zero-order valence-corrected chi connectivity index (χ0v) is 11.5. The van der Waals surface area contributed by atoms with E-state index < -0.39 is 0 Å². The Balaban J connectivity index is 2.09. The van der Waals surface area contributed by atoms with Gasteiger partial charge in [0, 0.05) is 12.4 Å². The number of nitrogens with one attached hydrogen (secondary N) is 2. The molecule has 0 aliphatic rings. The number of nitrogens with zero attached hydrogens (tertiary/aromatic N) is 4. The minimum absolute atomic E-state index is 0.0764. The second-order valence-corrected chi connectivity index (χ2v) is 4.24. The highest BCUT2D eigenvalue weighted by Crippen LogP contribution is 2.16. The number of hydrogen-bond acceptors (Lipinski definition) is 6. The van der Waals surface area contributed by atoms with E-state index in [1.54, 1.807) is 12.4 Å². The number of imidazole rings is 1. The van der Waals surface area contributed by atoms with E-state index in [4.69, 9.17) is 16.3 Å². The fourth-order valence-electron chi connectivity index (χ4n) is 1.43. The summed E-state index contributed by atoms with van der Waals surface area (Å²) in [6.45, 7) is 4.47. The number of aromatic amines is 1. The van der Waals surface area contributed by atoms with Gasteiger partial charge in [0.25, 0.3) is 0 Å². The van der Waals surface area contributed by atoms with Crippen LogP contribution in [0.15, 0.2) is 12.4 Å². The molecule has 0 radical (unpaired) electrons. The molecule has 1 atom stereocenters. The summed E-state index contributed by atoms with van der Waals surface area (Å²) in [6.07, 6.45) is 4.31. The fraction of sp³-hybridized carbons (Fsp3) is 0.455. The summed E-state index contributed by atoms with van der Waals surface area (Å²) in [4.78, 5) is 19.2. The molecule has 7 nitrogen and oxygen atoms in total. The van der Waals surface area contributed by atoms with Gasteiger partial charge in [-0.25, -0.2) is 4.98 Å². The minimum Gasteiger partial charge on any atom is -0.463 e. The lowest BCUT2D eigenvalue weighted by Gasteiger charge is -2.12. The molecule has 2 N–H and O–H groups in total. The van der Waals surface area contributed by atoms with Gasteiger partial charge in [-0.05, 0) is 24.9 Å². The number of H-pyrrole nitrogens is 1. The molecular formula is C11H15ClN6O. The van der Waals surface area contributed by atoms with Crippen molar-refractivity contribution in [2.45, 2.75) is 26.3 Å².